The maximum absolute atomic E-state index is 10.3. The lowest BCUT2D eigenvalue weighted by molar-refractivity contribution is -0.137. The van der Waals surface area contributed by atoms with Crippen molar-refractivity contribution in [3.63, 3.8) is 0 Å². The molecule has 0 amide bonds. The van der Waals surface area contributed by atoms with Crippen molar-refractivity contribution in [3.05, 3.63) is 21.4 Å². The summed E-state index contributed by atoms with van der Waals surface area (Å²) in [5, 5.41) is 10.6. The summed E-state index contributed by atoms with van der Waals surface area (Å²) in [6.45, 7) is 4.19. The number of hydrogen-bond donors (Lipinski definition) is 1. The third-order valence-corrected chi connectivity index (χ3v) is 3.45. The maximum atomic E-state index is 10.3. The van der Waals surface area contributed by atoms with Gasteiger partial charge in [0.1, 0.15) is 0 Å². The maximum Gasteiger partial charge on any atom is 0.303 e. The van der Waals surface area contributed by atoms with Gasteiger partial charge in [0.25, 0.3) is 0 Å². The quantitative estimate of drug-likeness (QED) is 0.807. The smallest absolute Gasteiger partial charge is 0.303 e. The predicted molar refractivity (Wildman–Crippen MR) is 54.4 cm³/mol. The molecule has 3 heteroatoms. The predicted octanol–water partition coefficient (Wildman–Crippen LogP) is 2.77. The summed E-state index contributed by atoms with van der Waals surface area (Å²) in [6.07, 6.45) is 1.92. The second kappa shape index (κ2) is 4.42. The van der Waals surface area contributed by atoms with E-state index in [1.54, 1.807) is 11.3 Å². The molecule has 0 saturated heterocycles. The average Bonchev–Trinajstić information content (AvgIpc) is 2.35. The molecule has 0 unspecified atom stereocenters. The average molecular weight is 198 g/mol. The zero-order valence-corrected chi connectivity index (χ0v) is 8.78. The van der Waals surface area contributed by atoms with Gasteiger partial charge in [-0.1, -0.05) is 0 Å². The lowest BCUT2D eigenvalue weighted by Gasteiger charge is -1.97. The van der Waals surface area contributed by atoms with Gasteiger partial charge in [-0.2, -0.15) is 0 Å². The Morgan fingerprint density at radius 2 is 2.23 bits per heavy atom. The van der Waals surface area contributed by atoms with Gasteiger partial charge in [0.2, 0.25) is 0 Å². The molecule has 1 rings (SSSR count). The fourth-order valence-corrected chi connectivity index (χ4v) is 2.30. The van der Waals surface area contributed by atoms with Gasteiger partial charge in [-0.05, 0) is 43.2 Å². The fraction of sp³-hybridized carbons (Fsp3) is 0.500. The van der Waals surface area contributed by atoms with Crippen LogP contribution in [0.15, 0.2) is 5.38 Å². The number of hydrogen-bond acceptors (Lipinski definition) is 2. The topological polar surface area (TPSA) is 37.3 Å². The Balaban J connectivity index is 2.45. The first kappa shape index (κ1) is 10.3. The van der Waals surface area contributed by atoms with Crippen molar-refractivity contribution in [2.75, 3.05) is 0 Å². The summed E-state index contributed by atoms with van der Waals surface area (Å²) >= 11 is 1.73. The van der Waals surface area contributed by atoms with E-state index in [0.717, 1.165) is 12.8 Å². The Kier molecular flexibility index (Phi) is 3.48. The van der Waals surface area contributed by atoms with Crippen LogP contribution in [0.25, 0.3) is 0 Å². The van der Waals surface area contributed by atoms with Crippen molar-refractivity contribution in [2.45, 2.75) is 33.1 Å². The third kappa shape index (κ3) is 2.84. The van der Waals surface area contributed by atoms with Crippen LogP contribution in [0.2, 0.25) is 0 Å². The molecule has 1 heterocycles. The highest BCUT2D eigenvalue weighted by atomic mass is 32.1. The van der Waals surface area contributed by atoms with Gasteiger partial charge in [0.15, 0.2) is 0 Å². The van der Waals surface area contributed by atoms with E-state index < -0.39 is 5.97 Å². The Hall–Kier alpha value is -0.830. The zero-order valence-electron chi connectivity index (χ0n) is 7.96. The summed E-state index contributed by atoms with van der Waals surface area (Å²) in [6, 6.07) is 0. The number of carbonyl (C=O) groups is 1. The molecule has 1 aromatic rings. The van der Waals surface area contributed by atoms with Gasteiger partial charge in [-0.25, -0.2) is 0 Å². The number of carboxylic acids is 1. The highest BCUT2D eigenvalue weighted by molar-refractivity contribution is 7.10. The second-order valence-electron chi connectivity index (χ2n) is 3.21. The van der Waals surface area contributed by atoms with Gasteiger partial charge in [0, 0.05) is 11.3 Å². The van der Waals surface area contributed by atoms with Crippen LogP contribution in [0, 0.1) is 13.8 Å². The van der Waals surface area contributed by atoms with E-state index in [1.165, 1.54) is 16.0 Å². The molecule has 0 saturated carbocycles. The SMILES string of the molecule is Cc1csc(CCCC(=O)O)c1C. The highest BCUT2D eigenvalue weighted by Gasteiger charge is 2.04. The van der Waals surface area contributed by atoms with Crippen molar-refractivity contribution < 1.29 is 9.90 Å². The minimum Gasteiger partial charge on any atom is -0.481 e. The molecule has 0 spiro atoms. The Morgan fingerprint density at radius 3 is 2.69 bits per heavy atom. The van der Waals surface area contributed by atoms with E-state index in [-0.39, 0.29) is 6.42 Å². The van der Waals surface area contributed by atoms with Crippen LogP contribution in [-0.4, -0.2) is 11.1 Å². The van der Waals surface area contributed by atoms with Gasteiger partial charge in [-0.15, -0.1) is 11.3 Å². The Morgan fingerprint density at radius 1 is 1.54 bits per heavy atom. The molecular formula is C10H14O2S. The minimum absolute atomic E-state index is 0.274. The van der Waals surface area contributed by atoms with Crippen LogP contribution < -0.4 is 0 Å². The standard InChI is InChI=1S/C10H14O2S/c1-7-6-13-9(8(7)2)4-3-5-10(11)12/h6H,3-5H2,1-2H3,(H,11,12). The molecule has 2 nitrogen and oxygen atoms in total. The van der Waals surface area contributed by atoms with Crippen molar-refractivity contribution in [1.82, 2.24) is 0 Å². The van der Waals surface area contributed by atoms with Crippen molar-refractivity contribution in [3.8, 4) is 0 Å². The lowest BCUT2D eigenvalue weighted by Crippen LogP contribution is -1.95. The summed E-state index contributed by atoms with van der Waals surface area (Å²) in [5.41, 5.74) is 2.64. The van der Waals surface area contributed by atoms with Gasteiger partial charge < -0.3 is 5.11 Å². The van der Waals surface area contributed by atoms with E-state index in [4.69, 9.17) is 5.11 Å². The molecule has 0 atom stereocenters. The molecule has 72 valence electrons. The van der Waals surface area contributed by atoms with E-state index >= 15 is 0 Å². The van der Waals surface area contributed by atoms with E-state index in [0.29, 0.717) is 0 Å². The highest BCUT2D eigenvalue weighted by Crippen LogP contribution is 2.22. The normalized spacial score (nSPS) is 10.3. The molecule has 0 aliphatic rings. The van der Waals surface area contributed by atoms with Crippen molar-refractivity contribution in [1.29, 1.82) is 0 Å². The van der Waals surface area contributed by atoms with Crippen LogP contribution in [0.3, 0.4) is 0 Å². The summed E-state index contributed by atoms with van der Waals surface area (Å²) in [5.74, 6) is -0.703. The molecule has 1 N–H and O–H groups in total. The van der Waals surface area contributed by atoms with Gasteiger partial charge in [-0.3, -0.25) is 4.79 Å². The van der Waals surface area contributed by atoms with Crippen LogP contribution in [0.4, 0.5) is 0 Å². The first-order valence-corrected chi connectivity index (χ1v) is 5.24. The third-order valence-electron chi connectivity index (χ3n) is 2.18. The van der Waals surface area contributed by atoms with E-state index in [2.05, 4.69) is 19.2 Å². The number of thiophene rings is 1. The molecule has 0 aliphatic carbocycles. The Labute approximate surface area is 82.2 Å². The Bertz CT molecular complexity index is 302. The molecular weight excluding hydrogens is 184 g/mol. The first-order chi connectivity index (χ1) is 6.11. The summed E-state index contributed by atoms with van der Waals surface area (Å²) < 4.78 is 0. The van der Waals surface area contributed by atoms with E-state index in [9.17, 15) is 4.79 Å². The number of aryl methyl sites for hydroxylation is 2. The first-order valence-electron chi connectivity index (χ1n) is 4.36. The number of rotatable bonds is 4. The van der Waals surface area contributed by atoms with Crippen LogP contribution in [0.1, 0.15) is 28.8 Å². The molecule has 0 fully saturated rings. The molecule has 0 aromatic carbocycles. The van der Waals surface area contributed by atoms with E-state index in [1.807, 2.05) is 0 Å². The lowest BCUT2D eigenvalue weighted by atomic mass is 10.1. The molecule has 0 bridgehead atoms. The monoisotopic (exact) mass is 198 g/mol. The largest absolute Gasteiger partial charge is 0.481 e. The van der Waals surface area contributed by atoms with Gasteiger partial charge >= 0.3 is 5.97 Å². The van der Waals surface area contributed by atoms with Crippen LogP contribution >= 0.6 is 11.3 Å². The summed E-state index contributed by atoms with van der Waals surface area (Å²) in [7, 11) is 0. The molecule has 13 heavy (non-hydrogen) atoms. The van der Waals surface area contributed by atoms with Gasteiger partial charge in [0.05, 0.1) is 0 Å². The summed E-state index contributed by atoms with van der Waals surface area (Å²) in [4.78, 5) is 11.6. The fourth-order valence-electron chi connectivity index (χ4n) is 1.20. The number of carboxylic acid groups (broad SMARTS) is 1. The minimum atomic E-state index is -0.703. The van der Waals surface area contributed by atoms with Crippen LogP contribution in [-0.2, 0) is 11.2 Å². The van der Waals surface area contributed by atoms with Crippen LogP contribution in [0.5, 0.6) is 0 Å². The number of aliphatic carboxylic acids is 1. The molecule has 1 aromatic heterocycles. The van der Waals surface area contributed by atoms with Crippen molar-refractivity contribution in [2.24, 2.45) is 0 Å². The second-order valence-corrected chi connectivity index (χ2v) is 4.18. The van der Waals surface area contributed by atoms with Crippen molar-refractivity contribution >= 4 is 17.3 Å². The molecule has 0 aliphatic heterocycles. The zero-order chi connectivity index (χ0) is 9.84. The molecule has 0 radical (unpaired) electrons.